The number of rotatable bonds is 6. The fourth-order valence-corrected chi connectivity index (χ4v) is 1.85. The van der Waals surface area contributed by atoms with Gasteiger partial charge in [-0.3, -0.25) is 0 Å². The molecule has 0 saturated carbocycles. The van der Waals surface area contributed by atoms with E-state index in [4.69, 9.17) is 0 Å². The first-order valence-electron chi connectivity index (χ1n) is 6.15. The van der Waals surface area contributed by atoms with Gasteiger partial charge in [0, 0.05) is 6.42 Å². The van der Waals surface area contributed by atoms with Crippen LogP contribution in [0.15, 0.2) is 24.3 Å². The van der Waals surface area contributed by atoms with E-state index in [9.17, 15) is 4.79 Å². The van der Waals surface area contributed by atoms with Gasteiger partial charge in [0.05, 0.1) is 0 Å². The van der Waals surface area contributed by atoms with Crippen LogP contribution in [0.1, 0.15) is 44.7 Å². The van der Waals surface area contributed by atoms with E-state index in [1.807, 2.05) is 0 Å². The van der Waals surface area contributed by atoms with Gasteiger partial charge in [0.25, 0.3) is 0 Å². The van der Waals surface area contributed by atoms with Crippen molar-refractivity contribution in [3.8, 4) is 0 Å². The normalized spacial score (nSPS) is 10.8. The van der Waals surface area contributed by atoms with Crippen LogP contribution in [0.2, 0.25) is 0 Å². The van der Waals surface area contributed by atoms with Crippen LogP contribution >= 0.6 is 0 Å². The highest BCUT2D eigenvalue weighted by atomic mass is 16.1. The van der Waals surface area contributed by atoms with Crippen molar-refractivity contribution in [1.29, 1.82) is 0 Å². The average Bonchev–Trinajstić information content (AvgIpc) is 2.19. The minimum absolute atomic E-state index is 0.288. The third-order valence-electron chi connectivity index (χ3n) is 2.66. The Hall–Kier alpha value is -1.11. The van der Waals surface area contributed by atoms with Crippen LogP contribution in [0.25, 0.3) is 0 Å². The maximum absolute atomic E-state index is 10.8. The molecule has 0 heterocycles. The Balaban J connectivity index is 2.42. The van der Waals surface area contributed by atoms with Crippen molar-refractivity contribution in [3.05, 3.63) is 35.4 Å². The minimum atomic E-state index is 0.288. The van der Waals surface area contributed by atoms with Crippen LogP contribution in [0.4, 0.5) is 0 Å². The smallest absolute Gasteiger partial charge is 0.129 e. The van der Waals surface area contributed by atoms with Crippen LogP contribution in [0.5, 0.6) is 0 Å². The summed E-state index contributed by atoms with van der Waals surface area (Å²) in [5.74, 6) is 1.000. The molecule has 0 fully saturated rings. The van der Waals surface area contributed by atoms with E-state index in [0.717, 1.165) is 19.3 Å². The van der Waals surface area contributed by atoms with Gasteiger partial charge >= 0.3 is 0 Å². The standard InChI is InChI=1S/C15H22O/c1-12(2)11-15-9-7-14(8-10-15)6-4-5-13(3)16/h7-10,12H,4-6,11H2,1-3H3. The van der Waals surface area contributed by atoms with Gasteiger partial charge in [0.2, 0.25) is 0 Å². The largest absolute Gasteiger partial charge is 0.300 e. The number of hydrogen-bond donors (Lipinski definition) is 0. The molecule has 0 N–H and O–H groups in total. The van der Waals surface area contributed by atoms with Crippen LogP contribution in [0, 0.1) is 5.92 Å². The molecule has 0 spiro atoms. The number of ketones is 1. The summed E-state index contributed by atoms with van der Waals surface area (Å²) in [5, 5.41) is 0. The number of aryl methyl sites for hydroxylation is 1. The lowest BCUT2D eigenvalue weighted by Gasteiger charge is -2.06. The van der Waals surface area contributed by atoms with Crippen LogP contribution < -0.4 is 0 Å². The molecule has 0 bridgehead atoms. The van der Waals surface area contributed by atoms with Gasteiger partial charge in [-0.2, -0.15) is 0 Å². The number of carbonyl (C=O) groups is 1. The topological polar surface area (TPSA) is 17.1 Å². The van der Waals surface area contributed by atoms with Gasteiger partial charge in [0.1, 0.15) is 5.78 Å². The predicted octanol–water partition coefficient (Wildman–Crippen LogP) is 3.80. The lowest BCUT2D eigenvalue weighted by Crippen LogP contribution is -1.95. The number of carbonyl (C=O) groups excluding carboxylic acids is 1. The Labute approximate surface area is 98.9 Å². The van der Waals surface area contributed by atoms with Gasteiger partial charge < -0.3 is 4.79 Å². The SMILES string of the molecule is CC(=O)CCCc1ccc(CC(C)C)cc1. The first kappa shape index (κ1) is 13.0. The highest BCUT2D eigenvalue weighted by molar-refractivity contribution is 5.75. The van der Waals surface area contributed by atoms with Gasteiger partial charge in [0.15, 0.2) is 0 Å². The molecule has 0 saturated heterocycles. The molecule has 0 radical (unpaired) electrons. The fraction of sp³-hybridized carbons (Fsp3) is 0.533. The molecular formula is C15H22O. The zero-order chi connectivity index (χ0) is 12.0. The fourth-order valence-electron chi connectivity index (χ4n) is 1.85. The summed E-state index contributed by atoms with van der Waals surface area (Å²) in [6.07, 6.45) is 3.84. The highest BCUT2D eigenvalue weighted by Crippen LogP contribution is 2.11. The Morgan fingerprint density at radius 3 is 2.19 bits per heavy atom. The van der Waals surface area contributed by atoms with Crippen LogP contribution in [-0.4, -0.2) is 5.78 Å². The molecule has 0 aliphatic heterocycles. The van der Waals surface area contributed by atoms with Gasteiger partial charge in [-0.05, 0) is 43.2 Å². The Bertz CT molecular complexity index is 322. The second kappa shape index (κ2) is 6.47. The van der Waals surface area contributed by atoms with Crippen LogP contribution in [-0.2, 0) is 17.6 Å². The van der Waals surface area contributed by atoms with Crippen LogP contribution in [0.3, 0.4) is 0 Å². The van der Waals surface area contributed by atoms with Crippen molar-refractivity contribution < 1.29 is 4.79 Å². The van der Waals surface area contributed by atoms with Crippen molar-refractivity contribution >= 4 is 5.78 Å². The van der Waals surface area contributed by atoms with Gasteiger partial charge in [-0.15, -0.1) is 0 Å². The zero-order valence-electron chi connectivity index (χ0n) is 10.6. The van der Waals surface area contributed by atoms with Gasteiger partial charge in [-0.25, -0.2) is 0 Å². The van der Waals surface area contributed by atoms with Crippen molar-refractivity contribution in [2.75, 3.05) is 0 Å². The second-order valence-electron chi connectivity index (χ2n) is 4.97. The van der Waals surface area contributed by atoms with E-state index in [1.54, 1.807) is 6.92 Å². The average molecular weight is 218 g/mol. The Kier molecular flexibility index (Phi) is 5.24. The Morgan fingerprint density at radius 1 is 1.12 bits per heavy atom. The van der Waals surface area contributed by atoms with E-state index < -0.39 is 0 Å². The van der Waals surface area contributed by atoms with Crippen molar-refractivity contribution in [2.45, 2.75) is 46.5 Å². The lowest BCUT2D eigenvalue weighted by molar-refractivity contribution is -0.117. The third kappa shape index (κ3) is 5.11. The van der Waals surface area contributed by atoms with E-state index in [0.29, 0.717) is 12.3 Å². The van der Waals surface area contributed by atoms with Crippen molar-refractivity contribution in [1.82, 2.24) is 0 Å². The van der Waals surface area contributed by atoms with Crippen molar-refractivity contribution in [3.63, 3.8) is 0 Å². The molecule has 0 unspecified atom stereocenters. The lowest BCUT2D eigenvalue weighted by atomic mass is 10.00. The maximum Gasteiger partial charge on any atom is 0.129 e. The second-order valence-corrected chi connectivity index (χ2v) is 4.97. The number of hydrogen-bond acceptors (Lipinski definition) is 1. The number of Topliss-reactive ketones (excluding diaryl/α,β-unsaturated/α-hetero) is 1. The molecule has 0 aliphatic rings. The van der Waals surface area contributed by atoms with E-state index >= 15 is 0 Å². The highest BCUT2D eigenvalue weighted by Gasteiger charge is 1.99. The summed E-state index contributed by atoms with van der Waals surface area (Å²) in [4.78, 5) is 10.8. The summed E-state index contributed by atoms with van der Waals surface area (Å²) >= 11 is 0. The zero-order valence-corrected chi connectivity index (χ0v) is 10.6. The molecule has 1 aromatic rings. The molecule has 0 aliphatic carbocycles. The summed E-state index contributed by atoms with van der Waals surface area (Å²) in [6, 6.07) is 8.81. The first-order valence-corrected chi connectivity index (χ1v) is 6.15. The predicted molar refractivity (Wildman–Crippen MR) is 68.6 cm³/mol. The molecule has 1 aromatic carbocycles. The molecule has 1 nitrogen and oxygen atoms in total. The van der Waals surface area contributed by atoms with E-state index in [1.165, 1.54) is 11.1 Å². The number of benzene rings is 1. The van der Waals surface area contributed by atoms with E-state index in [2.05, 4.69) is 38.1 Å². The Morgan fingerprint density at radius 2 is 1.69 bits per heavy atom. The third-order valence-corrected chi connectivity index (χ3v) is 2.66. The monoisotopic (exact) mass is 218 g/mol. The first-order chi connectivity index (χ1) is 7.58. The summed E-state index contributed by atoms with van der Waals surface area (Å²) in [7, 11) is 0. The van der Waals surface area contributed by atoms with Gasteiger partial charge in [-0.1, -0.05) is 38.1 Å². The molecule has 88 valence electrons. The molecule has 16 heavy (non-hydrogen) atoms. The molecule has 0 atom stereocenters. The molecule has 0 aromatic heterocycles. The summed E-state index contributed by atoms with van der Waals surface area (Å²) in [5.41, 5.74) is 2.75. The minimum Gasteiger partial charge on any atom is -0.300 e. The quantitative estimate of drug-likeness (QED) is 0.710. The summed E-state index contributed by atoms with van der Waals surface area (Å²) < 4.78 is 0. The summed E-state index contributed by atoms with van der Waals surface area (Å²) in [6.45, 7) is 6.13. The molecule has 1 rings (SSSR count). The molecular weight excluding hydrogens is 196 g/mol. The maximum atomic E-state index is 10.8. The molecule has 1 heteroatoms. The van der Waals surface area contributed by atoms with Crippen molar-refractivity contribution in [2.24, 2.45) is 5.92 Å². The van der Waals surface area contributed by atoms with E-state index in [-0.39, 0.29) is 5.78 Å². The molecule has 0 amide bonds.